The molecule has 14 heteroatoms. The van der Waals surface area contributed by atoms with E-state index in [9.17, 15) is 45.6 Å². The molecule has 19 atom stereocenters. The van der Waals surface area contributed by atoms with Crippen LogP contribution < -0.4 is 0 Å². The second-order valence-electron chi connectivity index (χ2n) is 21.2. The van der Waals surface area contributed by atoms with Gasteiger partial charge in [0.1, 0.15) is 24.4 Å². The van der Waals surface area contributed by atoms with E-state index in [0.29, 0.717) is 56.4 Å². The van der Waals surface area contributed by atoms with Crippen molar-refractivity contribution in [2.45, 2.75) is 215 Å². The van der Waals surface area contributed by atoms with Crippen LogP contribution >= 0.6 is 0 Å². The molecule has 14 nitrogen and oxygen atoms in total. The molecule has 7 aliphatic rings. The number of nitrogens with zero attached hydrogens (tertiary/aromatic N) is 1. The van der Waals surface area contributed by atoms with Crippen molar-refractivity contribution in [3.8, 4) is 0 Å². The molecule has 7 rings (SSSR count). The fourth-order valence-electron chi connectivity index (χ4n) is 11.9. The van der Waals surface area contributed by atoms with E-state index in [1.807, 2.05) is 19.9 Å². The average Bonchev–Trinajstić information content (AvgIpc) is 3.65. The fourth-order valence-corrected chi connectivity index (χ4v) is 11.9. The molecule has 0 amide bonds. The number of aliphatic hydroxyl groups is 8. The van der Waals surface area contributed by atoms with E-state index < -0.39 is 91.2 Å². The first kappa shape index (κ1) is 52.2. The predicted octanol–water partition coefficient (Wildman–Crippen LogP) is 4.88. The Kier molecular flexibility index (Phi) is 19.1. The van der Waals surface area contributed by atoms with Crippen LogP contribution in [0.3, 0.4) is 0 Å². The number of allylic oxidation sites excluding steroid dienone is 6. The first-order valence-electron chi connectivity index (χ1n) is 25.6. The summed E-state index contributed by atoms with van der Waals surface area (Å²) in [5, 5.41) is 89.0. The molecule has 67 heavy (non-hydrogen) atoms. The lowest BCUT2D eigenvalue weighted by Gasteiger charge is -2.42. The monoisotopic (exact) mass is 940 g/mol. The second kappa shape index (κ2) is 24.5. The highest BCUT2D eigenvalue weighted by molar-refractivity contribution is 5.88. The zero-order chi connectivity index (χ0) is 47.8. The van der Waals surface area contributed by atoms with Gasteiger partial charge in [0.25, 0.3) is 0 Å². The molecule has 19 unspecified atom stereocenters. The normalized spacial score (nSPS) is 43.9. The number of esters is 1. The zero-order valence-electron chi connectivity index (χ0n) is 40.0. The van der Waals surface area contributed by atoms with Crippen LogP contribution in [0, 0.1) is 29.6 Å². The Labute approximate surface area is 397 Å². The molecule has 1 aliphatic carbocycles. The number of aliphatic imine (C=N–C) groups is 1. The molecule has 6 aliphatic heterocycles. The summed E-state index contributed by atoms with van der Waals surface area (Å²) in [6.45, 7) is 6.65. The number of ether oxygens (including phenoxy) is 4. The van der Waals surface area contributed by atoms with E-state index in [-0.39, 0.29) is 56.1 Å². The lowest BCUT2D eigenvalue weighted by Crippen LogP contribution is -2.51. The van der Waals surface area contributed by atoms with Gasteiger partial charge in [0, 0.05) is 42.9 Å². The molecule has 0 aromatic carbocycles. The number of rotatable bonds is 0. The van der Waals surface area contributed by atoms with Gasteiger partial charge >= 0.3 is 5.97 Å². The first-order chi connectivity index (χ1) is 32.1. The summed E-state index contributed by atoms with van der Waals surface area (Å²) in [6, 6.07) is 0. The maximum absolute atomic E-state index is 13.7. The lowest BCUT2D eigenvalue weighted by molar-refractivity contribution is -0.190. The van der Waals surface area contributed by atoms with Crippen LogP contribution in [-0.4, -0.2) is 151 Å². The van der Waals surface area contributed by atoms with Crippen molar-refractivity contribution in [2.75, 3.05) is 13.2 Å². The van der Waals surface area contributed by atoms with Crippen molar-refractivity contribution >= 4 is 11.7 Å². The summed E-state index contributed by atoms with van der Waals surface area (Å²) in [5.74, 6) is -0.374. The van der Waals surface area contributed by atoms with Crippen molar-refractivity contribution in [1.82, 2.24) is 0 Å². The van der Waals surface area contributed by atoms with Crippen LogP contribution in [0.2, 0.25) is 0 Å². The Hall–Kier alpha value is -2.60. The predicted molar refractivity (Wildman–Crippen MR) is 253 cm³/mol. The maximum atomic E-state index is 13.7. The van der Waals surface area contributed by atoms with Crippen molar-refractivity contribution in [3.63, 3.8) is 0 Å². The largest absolute Gasteiger partial charge is 0.458 e. The summed E-state index contributed by atoms with van der Waals surface area (Å²) in [7, 11) is 0. The van der Waals surface area contributed by atoms with Crippen LogP contribution in [0.15, 0.2) is 64.2 Å². The second-order valence-corrected chi connectivity index (χ2v) is 21.2. The van der Waals surface area contributed by atoms with Gasteiger partial charge in [-0.2, -0.15) is 0 Å². The van der Waals surface area contributed by atoms with Gasteiger partial charge in [0.05, 0.1) is 74.1 Å². The van der Waals surface area contributed by atoms with Gasteiger partial charge in [-0.05, 0) is 114 Å². The number of carbonyl (C=O) groups excluding carboxylic acids is 1. The third-order valence-electron chi connectivity index (χ3n) is 15.8. The molecule has 8 N–H and O–H groups in total. The van der Waals surface area contributed by atoms with Gasteiger partial charge in [0.2, 0.25) is 0 Å². The van der Waals surface area contributed by atoms with Gasteiger partial charge in [-0.3, -0.25) is 9.79 Å². The van der Waals surface area contributed by atoms with Crippen LogP contribution in [0.1, 0.15) is 130 Å². The molecular weight excluding hydrogens is 859 g/mol. The Bertz CT molecular complexity index is 1810. The number of hydrogen-bond donors (Lipinski definition) is 8. The number of carbonyl (C=O) groups is 1. The van der Waals surface area contributed by atoms with E-state index in [4.69, 9.17) is 23.9 Å². The molecule has 3 fully saturated rings. The standard InChI is InChI=1S/C53H81NO13/c1-30-9-7-13-40-49-34-11-5-4-6-12-37(22-32(3)50(60)47-27-43(58)53(63)45(67-47)18-17-36(55)16-15-30)66-48(59)28-46-51(61)39(29-64-46)41(56)21-31(2)10-8-14-44-52(62)42(57)26-38(65-44)25-33(23-34)24-35(49)19-20-54-40/h5,9,11,15-16,22-23,31,34-39,41-47,49-53,55-58,60-63H,4,6-8,10,12-14,17-21,24-29H2,1-3H3. The third kappa shape index (κ3) is 14.1. The molecule has 9 bridgehead atoms. The third-order valence-corrected chi connectivity index (χ3v) is 15.8. The van der Waals surface area contributed by atoms with Gasteiger partial charge in [-0.15, -0.1) is 0 Å². The highest BCUT2D eigenvalue weighted by Gasteiger charge is 2.44. The minimum Gasteiger partial charge on any atom is -0.458 e. The zero-order valence-corrected chi connectivity index (χ0v) is 40.0. The Morgan fingerprint density at radius 1 is 0.701 bits per heavy atom. The smallest absolute Gasteiger partial charge is 0.309 e. The minimum absolute atomic E-state index is 0.0146. The van der Waals surface area contributed by atoms with Crippen LogP contribution in [0.5, 0.6) is 0 Å². The topological polar surface area (TPSA) is 228 Å². The number of aliphatic hydroxyl groups excluding tert-OH is 8. The maximum Gasteiger partial charge on any atom is 0.309 e. The van der Waals surface area contributed by atoms with Crippen molar-refractivity contribution in [1.29, 1.82) is 0 Å². The van der Waals surface area contributed by atoms with E-state index >= 15 is 0 Å². The SMILES string of the molecule is CC1=CCCC2=NCCC3CC4=CC(C=CCCCC(C=C(C)C(O)C5CC(O)C(O)C(CCC(O)C=C1)O5)OC(=O)CC1OCC(C(O)CC(C)CCCC5OC(C4)CC(O)C5O)C1O)C23. The van der Waals surface area contributed by atoms with E-state index in [2.05, 4.69) is 24.3 Å². The molecule has 0 spiro atoms. The Balaban J connectivity index is 1.19. The molecule has 0 aromatic heterocycles. The van der Waals surface area contributed by atoms with Crippen molar-refractivity contribution < 1.29 is 64.6 Å². The molecule has 0 radical (unpaired) electrons. The van der Waals surface area contributed by atoms with Gasteiger partial charge in [0.15, 0.2) is 0 Å². The molecule has 3 saturated heterocycles. The minimum atomic E-state index is -1.19. The van der Waals surface area contributed by atoms with E-state index in [0.717, 1.165) is 50.6 Å². The van der Waals surface area contributed by atoms with Crippen LogP contribution in [0.4, 0.5) is 0 Å². The van der Waals surface area contributed by atoms with Gasteiger partial charge < -0.3 is 59.8 Å². The molecular formula is C53H81NO13. The Morgan fingerprint density at radius 3 is 2.28 bits per heavy atom. The summed E-state index contributed by atoms with van der Waals surface area (Å²) in [4.78, 5) is 18.8. The lowest BCUT2D eigenvalue weighted by atomic mass is 9.66. The fraction of sp³-hybridized carbons (Fsp3) is 0.774. The van der Waals surface area contributed by atoms with Gasteiger partial charge in [-0.1, -0.05) is 67.4 Å². The van der Waals surface area contributed by atoms with Crippen molar-refractivity contribution in [3.05, 3.63) is 59.3 Å². The van der Waals surface area contributed by atoms with Crippen LogP contribution in [-0.2, 0) is 23.7 Å². The number of hydrogen-bond acceptors (Lipinski definition) is 14. The Morgan fingerprint density at radius 2 is 1.48 bits per heavy atom. The molecule has 0 saturated carbocycles. The van der Waals surface area contributed by atoms with E-state index in [1.54, 1.807) is 19.1 Å². The molecule has 0 aromatic rings. The highest BCUT2D eigenvalue weighted by Crippen LogP contribution is 2.43. The van der Waals surface area contributed by atoms with Crippen LogP contribution in [0.25, 0.3) is 0 Å². The number of fused-ring (bicyclic) bond motifs is 10. The quantitative estimate of drug-likeness (QED) is 0.120. The highest BCUT2D eigenvalue weighted by atomic mass is 16.6. The van der Waals surface area contributed by atoms with Crippen molar-refractivity contribution in [2.24, 2.45) is 34.6 Å². The average molecular weight is 940 g/mol. The molecule has 6 heterocycles. The summed E-state index contributed by atoms with van der Waals surface area (Å²) < 4.78 is 24.8. The van der Waals surface area contributed by atoms with E-state index in [1.165, 1.54) is 11.3 Å². The summed E-state index contributed by atoms with van der Waals surface area (Å²) in [5.41, 5.74) is 4.00. The first-order valence-corrected chi connectivity index (χ1v) is 25.6. The summed E-state index contributed by atoms with van der Waals surface area (Å²) in [6.07, 6.45) is 11.3. The van der Waals surface area contributed by atoms with Gasteiger partial charge in [-0.25, -0.2) is 0 Å². The molecule has 376 valence electrons. The summed E-state index contributed by atoms with van der Waals surface area (Å²) >= 11 is 0.